The van der Waals surface area contributed by atoms with Gasteiger partial charge in [-0.05, 0) is 56.4 Å². The average molecular weight is 438 g/mol. The minimum Gasteiger partial charge on any atom is -0.459 e. The maximum atomic E-state index is 12.9. The van der Waals surface area contributed by atoms with Gasteiger partial charge < -0.3 is 19.5 Å². The molecule has 3 rings (SSSR count). The summed E-state index contributed by atoms with van der Waals surface area (Å²) in [5.41, 5.74) is 1.13. The third kappa shape index (κ3) is 4.92. The van der Waals surface area contributed by atoms with Crippen molar-refractivity contribution in [2.24, 2.45) is 5.92 Å². The van der Waals surface area contributed by atoms with Crippen LogP contribution in [0.5, 0.6) is 0 Å². The van der Waals surface area contributed by atoms with E-state index in [1.807, 2.05) is 30.0 Å². The Bertz CT molecular complexity index is 655. The second-order valence-electron chi connectivity index (χ2n) is 7.08. The van der Waals surface area contributed by atoms with Crippen molar-refractivity contribution < 1.29 is 19.4 Å². The van der Waals surface area contributed by atoms with E-state index in [0.717, 1.165) is 42.4 Å². The molecule has 0 saturated carbocycles. The lowest BCUT2D eigenvalue weighted by Gasteiger charge is -2.37. The van der Waals surface area contributed by atoms with Crippen LogP contribution in [0.4, 0.5) is 0 Å². The molecule has 0 radical (unpaired) electrons. The quantitative estimate of drug-likeness (QED) is 0.703. The lowest BCUT2D eigenvalue weighted by Crippen LogP contribution is -2.39. The number of allylic oxidation sites excluding steroid dienone is 1. The maximum absolute atomic E-state index is 12.9. The summed E-state index contributed by atoms with van der Waals surface area (Å²) in [5.74, 6) is 0.411. The minimum atomic E-state index is -0.484. The Morgan fingerprint density at radius 2 is 2.00 bits per heavy atom. The molecule has 3 atom stereocenters. The molecular weight excluding hydrogens is 410 g/mol. The third-order valence-corrected chi connectivity index (χ3v) is 5.80. The number of rotatable bonds is 7. The van der Waals surface area contributed by atoms with E-state index in [9.17, 15) is 9.90 Å². The second-order valence-corrected chi connectivity index (χ2v) is 7.99. The summed E-state index contributed by atoms with van der Waals surface area (Å²) in [7, 11) is 0. The molecule has 1 N–H and O–H groups in total. The van der Waals surface area contributed by atoms with Gasteiger partial charge in [0, 0.05) is 42.6 Å². The molecule has 1 fully saturated rings. The van der Waals surface area contributed by atoms with Gasteiger partial charge in [0.15, 0.2) is 5.76 Å². The van der Waals surface area contributed by atoms with Crippen molar-refractivity contribution in [1.29, 1.82) is 0 Å². The summed E-state index contributed by atoms with van der Waals surface area (Å²) in [4.78, 5) is 14.8. The van der Waals surface area contributed by atoms with Gasteiger partial charge in [0.1, 0.15) is 0 Å². The Kier molecular flexibility index (Phi) is 7.33. The van der Waals surface area contributed by atoms with Gasteiger partial charge in [-0.25, -0.2) is 0 Å². The summed E-state index contributed by atoms with van der Waals surface area (Å²) in [6.07, 6.45) is 5.01. The highest BCUT2D eigenvalue weighted by molar-refractivity contribution is 9.10. The highest BCUT2D eigenvalue weighted by Crippen LogP contribution is 2.40. The Hall–Kier alpha value is -1.37. The highest BCUT2D eigenvalue weighted by Gasteiger charge is 2.39. The molecule has 1 aromatic carbocycles. The molecule has 0 spiro atoms. The first kappa shape index (κ1) is 20.4. The number of amides is 1. The van der Waals surface area contributed by atoms with Crippen LogP contribution in [0.3, 0.4) is 0 Å². The number of carbonyl (C=O) groups is 1. The van der Waals surface area contributed by atoms with Crippen LogP contribution in [0.25, 0.3) is 0 Å². The van der Waals surface area contributed by atoms with Crippen LogP contribution in [-0.4, -0.2) is 48.5 Å². The summed E-state index contributed by atoms with van der Waals surface area (Å²) in [6.45, 7) is 4.15. The minimum absolute atomic E-state index is 0.0107. The second kappa shape index (κ2) is 9.71. The van der Waals surface area contributed by atoms with Crippen molar-refractivity contribution in [1.82, 2.24) is 4.90 Å². The van der Waals surface area contributed by atoms with Gasteiger partial charge in [-0.2, -0.15) is 0 Å². The van der Waals surface area contributed by atoms with E-state index in [1.54, 1.807) is 0 Å². The average Bonchev–Trinajstić information content (AvgIpc) is 3.21. The fraction of sp³-hybridized carbons (Fsp3) is 0.571. The molecule has 1 aromatic rings. The van der Waals surface area contributed by atoms with E-state index in [1.165, 1.54) is 0 Å². The van der Waals surface area contributed by atoms with Crippen molar-refractivity contribution in [3.63, 3.8) is 0 Å². The molecule has 27 heavy (non-hydrogen) atoms. The van der Waals surface area contributed by atoms with Crippen molar-refractivity contribution in [3.8, 4) is 0 Å². The Labute approximate surface area is 169 Å². The summed E-state index contributed by atoms with van der Waals surface area (Å²) in [6, 6.07) is 8.17. The number of benzene rings is 1. The Balaban J connectivity index is 1.93. The van der Waals surface area contributed by atoms with Gasteiger partial charge in [-0.15, -0.1) is 0 Å². The zero-order valence-corrected chi connectivity index (χ0v) is 17.4. The van der Waals surface area contributed by atoms with E-state index in [4.69, 9.17) is 9.47 Å². The van der Waals surface area contributed by atoms with Crippen LogP contribution in [0.15, 0.2) is 40.6 Å². The van der Waals surface area contributed by atoms with E-state index in [-0.39, 0.29) is 24.3 Å². The van der Waals surface area contributed by atoms with Gasteiger partial charge >= 0.3 is 0 Å². The fourth-order valence-corrected chi connectivity index (χ4v) is 4.16. The lowest BCUT2D eigenvalue weighted by molar-refractivity contribution is -0.170. The zero-order chi connectivity index (χ0) is 19.2. The number of aliphatic hydroxyl groups excluding tert-OH is 1. The molecular formula is C21H28BrNO4. The predicted molar refractivity (Wildman–Crippen MR) is 107 cm³/mol. The Morgan fingerprint density at radius 1 is 1.30 bits per heavy atom. The monoisotopic (exact) mass is 437 g/mol. The first-order chi connectivity index (χ1) is 13.1. The number of hydrogen-bond donors (Lipinski definition) is 1. The fourth-order valence-electron chi connectivity index (χ4n) is 3.90. The standard InChI is InChI=1S/C21H28BrNO4/c1-2-26-21-17(6-5-13-24)18(15-7-9-16(22)10-8-15)14-19(27-21)20(25)23-11-3-4-12-23/h7-10,14,17-18,21,24H,2-6,11-13H2,1H3/t17-,18+,21+/m0/s1. The molecule has 6 heteroatoms. The topological polar surface area (TPSA) is 59.0 Å². The first-order valence-electron chi connectivity index (χ1n) is 9.79. The summed E-state index contributed by atoms with van der Waals surface area (Å²) >= 11 is 3.48. The van der Waals surface area contributed by atoms with Gasteiger partial charge in [-0.3, -0.25) is 4.79 Å². The van der Waals surface area contributed by atoms with Crippen molar-refractivity contribution in [2.45, 2.75) is 44.8 Å². The summed E-state index contributed by atoms with van der Waals surface area (Å²) < 4.78 is 12.9. The van der Waals surface area contributed by atoms with Crippen LogP contribution in [0.1, 0.15) is 44.1 Å². The van der Waals surface area contributed by atoms with Crippen LogP contribution in [-0.2, 0) is 14.3 Å². The first-order valence-corrected chi connectivity index (χ1v) is 10.6. The maximum Gasteiger partial charge on any atom is 0.288 e. The number of ether oxygens (including phenoxy) is 2. The number of carbonyl (C=O) groups excluding carboxylic acids is 1. The lowest BCUT2D eigenvalue weighted by atomic mass is 9.80. The van der Waals surface area contributed by atoms with E-state index in [0.29, 0.717) is 18.8 Å². The molecule has 1 amide bonds. The van der Waals surface area contributed by atoms with E-state index in [2.05, 4.69) is 28.1 Å². The van der Waals surface area contributed by atoms with Gasteiger partial charge in [0.25, 0.3) is 5.91 Å². The molecule has 1 saturated heterocycles. The number of aliphatic hydroxyl groups is 1. The highest BCUT2D eigenvalue weighted by atomic mass is 79.9. The SMILES string of the molecule is CCO[C@@H]1OC(C(=O)N2CCCC2)=C[C@H](c2ccc(Br)cc2)[C@@H]1CCCO. The number of hydrogen-bond acceptors (Lipinski definition) is 4. The normalized spacial score (nSPS) is 25.2. The summed E-state index contributed by atoms with van der Waals surface area (Å²) in [5, 5.41) is 9.33. The number of likely N-dealkylation sites (tertiary alicyclic amines) is 1. The van der Waals surface area contributed by atoms with E-state index < -0.39 is 6.29 Å². The van der Waals surface area contributed by atoms with Crippen LogP contribution < -0.4 is 0 Å². The molecule has 2 aliphatic rings. The van der Waals surface area contributed by atoms with E-state index >= 15 is 0 Å². The largest absolute Gasteiger partial charge is 0.459 e. The Morgan fingerprint density at radius 3 is 2.63 bits per heavy atom. The van der Waals surface area contributed by atoms with Crippen molar-refractivity contribution in [3.05, 3.63) is 46.1 Å². The van der Waals surface area contributed by atoms with Gasteiger partial charge in [0.2, 0.25) is 6.29 Å². The molecule has 0 unspecified atom stereocenters. The van der Waals surface area contributed by atoms with Crippen LogP contribution in [0, 0.1) is 5.92 Å². The molecule has 148 valence electrons. The number of nitrogens with zero attached hydrogens (tertiary/aromatic N) is 1. The van der Waals surface area contributed by atoms with Crippen molar-refractivity contribution >= 4 is 21.8 Å². The van der Waals surface area contributed by atoms with Crippen LogP contribution >= 0.6 is 15.9 Å². The molecule has 0 aromatic heterocycles. The van der Waals surface area contributed by atoms with Gasteiger partial charge in [-0.1, -0.05) is 28.1 Å². The molecule has 2 aliphatic heterocycles. The third-order valence-electron chi connectivity index (χ3n) is 5.27. The van der Waals surface area contributed by atoms with Crippen LogP contribution in [0.2, 0.25) is 0 Å². The predicted octanol–water partition coefficient (Wildman–Crippen LogP) is 3.82. The zero-order valence-electron chi connectivity index (χ0n) is 15.8. The molecule has 5 nitrogen and oxygen atoms in total. The van der Waals surface area contributed by atoms with Crippen molar-refractivity contribution in [2.75, 3.05) is 26.3 Å². The molecule has 0 bridgehead atoms. The number of halogens is 1. The smallest absolute Gasteiger partial charge is 0.288 e. The molecule has 2 heterocycles. The van der Waals surface area contributed by atoms with Gasteiger partial charge in [0.05, 0.1) is 0 Å². The molecule has 0 aliphatic carbocycles.